The fourth-order valence-electron chi connectivity index (χ4n) is 10.8. The van der Waals surface area contributed by atoms with E-state index in [1.54, 1.807) is 52.0 Å². The first-order chi connectivity index (χ1) is 46.6. The van der Waals surface area contributed by atoms with Crippen LogP contribution in [-0.2, 0) is 93.0 Å². The highest BCUT2D eigenvalue weighted by Gasteiger charge is 2.42. The van der Waals surface area contributed by atoms with Gasteiger partial charge in [-0.25, -0.2) is 0 Å². The lowest BCUT2D eigenvalue weighted by Crippen LogP contribution is -2.61. The normalized spacial score (nSPS) is 25.7. The number of amides is 13. The van der Waals surface area contributed by atoms with E-state index in [1.165, 1.54) is 4.90 Å². The van der Waals surface area contributed by atoms with Gasteiger partial charge in [0.05, 0.1) is 19.1 Å². The van der Waals surface area contributed by atoms with Gasteiger partial charge < -0.3 is 94.7 Å². The van der Waals surface area contributed by atoms with Crippen LogP contribution in [0.5, 0.6) is 0 Å². The van der Waals surface area contributed by atoms with Crippen molar-refractivity contribution < 1.29 is 107 Å². The number of rotatable bonds is 20. The Morgan fingerprint density at radius 1 is 0.505 bits per heavy atom. The summed E-state index contributed by atoms with van der Waals surface area (Å²) in [6, 6.07) is -12.0. The summed E-state index contributed by atoms with van der Waals surface area (Å²) in [4.78, 5) is 234. The second kappa shape index (κ2) is 40.7. The number of hydrogen-bond acceptors (Lipinski definition) is 20. The van der Waals surface area contributed by atoms with Crippen molar-refractivity contribution in [1.82, 2.24) is 63.4 Å². The number of carboxylic acids is 4. The van der Waals surface area contributed by atoms with E-state index in [0.29, 0.717) is 11.1 Å². The van der Waals surface area contributed by atoms with E-state index in [9.17, 15) is 107 Å². The number of benzene rings is 1. The van der Waals surface area contributed by atoms with Crippen LogP contribution < -0.4 is 64.2 Å². The summed E-state index contributed by atoms with van der Waals surface area (Å²) in [5.41, 5.74) is 6.74. The van der Waals surface area contributed by atoms with Crippen molar-refractivity contribution in [2.45, 2.75) is 209 Å². The average molecular weight is 1430 g/mol. The molecule has 548 valence electrons. The van der Waals surface area contributed by atoms with Gasteiger partial charge in [0, 0.05) is 55.2 Å². The van der Waals surface area contributed by atoms with Gasteiger partial charge in [-0.05, 0) is 87.7 Å². The Bertz CT molecular complexity index is 3140. The predicted molar refractivity (Wildman–Crippen MR) is 352 cm³/mol. The molecule has 18 N–H and O–H groups in total. The molecule has 4 bridgehead atoms. The fourth-order valence-corrected chi connectivity index (χ4v) is 12.8. The summed E-state index contributed by atoms with van der Waals surface area (Å²) >= 11 is 2.13. The first-order valence-electron chi connectivity index (χ1n) is 32.3. The molecule has 0 radical (unpaired) electrons. The number of primary amides is 1. The molecular weight excluding hydrogens is 1340 g/mol. The highest BCUT2D eigenvalue weighted by molar-refractivity contribution is 7.98. The Kier molecular flexibility index (Phi) is 33.8. The molecule has 37 heteroatoms. The van der Waals surface area contributed by atoms with Gasteiger partial charge in [-0.3, -0.25) is 81.5 Å². The summed E-state index contributed by atoms with van der Waals surface area (Å²) in [5.74, 6) is -21.4. The monoisotopic (exact) mass is 1430 g/mol. The minimum atomic E-state index is -2.16. The lowest BCUT2D eigenvalue weighted by molar-refractivity contribution is -0.143. The van der Waals surface area contributed by atoms with Crippen LogP contribution in [0.4, 0.5) is 0 Å². The topological polar surface area (TPSA) is 553 Å². The zero-order chi connectivity index (χ0) is 73.8. The molecule has 3 heterocycles. The molecule has 0 aliphatic carbocycles. The third-order valence-electron chi connectivity index (χ3n) is 15.8. The van der Waals surface area contributed by atoms with Crippen molar-refractivity contribution in [3.05, 3.63) is 35.4 Å². The van der Waals surface area contributed by atoms with Crippen molar-refractivity contribution in [3.63, 3.8) is 0 Å². The largest absolute Gasteiger partial charge is 0.481 e. The number of nitrogens with one attached hydrogen (secondary N) is 11. The molecule has 99 heavy (non-hydrogen) atoms. The minimum absolute atomic E-state index is 0.00245. The Labute approximate surface area is 578 Å². The van der Waals surface area contributed by atoms with Crippen LogP contribution in [0.15, 0.2) is 24.3 Å². The Morgan fingerprint density at radius 2 is 0.939 bits per heavy atom. The fraction of sp³-hybridized carbons (Fsp3) is 0.629. The van der Waals surface area contributed by atoms with Gasteiger partial charge >= 0.3 is 23.9 Å². The summed E-state index contributed by atoms with van der Waals surface area (Å²) in [7, 11) is 0. The summed E-state index contributed by atoms with van der Waals surface area (Å²) in [5, 5.41) is 76.2. The molecule has 3 aliphatic heterocycles. The highest BCUT2D eigenvalue weighted by atomic mass is 32.2. The molecule has 1 aromatic rings. The van der Waals surface area contributed by atoms with E-state index in [-0.39, 0.29) is 67.7 Å². The number of hydrogen-bond donors (Lipinski definition) is 17. The van der Waals surface area contributed by atoms with Gasteiger partial charge in [0.25, 0.3) is 0 Å². The van der Waals surface area contributed by atoms with E-state index in [4.69, 9.17) is 5.73 Å². The molecule has 35 nitrogen and oxygen atoms in total. The summed E-state index contributed by atoms with van der Waals surface area (Å²) < 4.78 is 0. The van der Waals surface area contributed by atoms with Crippen LogP contribution in [0, 0.1) is 11.8 Å². The molecule has 12 atom stereocenters. The zero-order valence-electron chi connectivity index (χ0n) is 55.6. The minimum Gasteiger partial charge on any atom is -0.481 e. The van der Waals surface area contributed by atoms with Gasteiger partial charge in [-0.1, -0.05) is 52.0 Å². The number of carbonyl (C=O) groups excluding carboxylic acids is 13. The average Bonchev–Trinajstić information content (AvgIpc) is 1.75. The van der Waals surface area contributed by atoms with Crippen molar-refractivity contribution in [1.29, 1.82) is 0 Å². The second-order valence-electron chi connectivity index (χ2n) is 25.1. The first kappa shape index (κ1) is 82.3. The Balaban J connectivity index is 2.00. The molecule has 3 aliphatic rings. The third-order valence-corrected chi connectivity index (χ3v) is 18.0. The lowest BCUT2D eigenvalue weighted by Gasteiger charge is -2.32. The Morgan fingerprint density at radius 3 is 1.43 bits per heavy atom. The molecule has 1 saturated heterocycles. The number of carboxylic acid groups (broad SMARTS) is 4. The number of thioether (sulfide) groups is 2. The van der Waals surface area contributed by atoms with Gasteiger partial charge in [-0.2, -0.15) is 23.5 Å². The molecule has 4 rings (SSSR count). The van der Waals surface area contributed by atoms with Crippen LogP contribution in [-0.4, -0.2) is 228 Å². The van der Waals surface area contributed by atoms with Crippen molar-refractivity contribution >= 4 is 124 Å². The third kappa shape index (κ3) is 28.7. The summed E-state index contributed by atoms with van der Waals surface area (Å²) in [6.45, 7) is 6.96. The van der Waals surface area contributed by atoms with Crippen LogP contribution in [0.25, 0.3) is 0 Å². The van der Waals surface area contributed by atoms with Crippen LogP contribution >= 0.6 is 23.5 Å². The number of fused-ring (bicyclic) bond motifs is 7. The predicted octanol–water partition coefficient (Wildman–Crippen LogP) is -3.67. The zero-order valence-corrected chi connectivity index (χ0v) is 57.2. The SMILES string of the molecule is CC(C)C[C@@H]1NC(=O)[C@@H]2CCCN2C(=O)[C@H](CC(C)C)NC(=O)[C@@H]2CSCc3cccc(c3)CSC[C@H](NC(=O)[C@H](CCC(N)=O)NC1=O)C(=O)N[C@@H](CC(=O)O)C(=O)N[C@@H](CCC(=O)O)C(=O)N[C@@H](CCCC(=O)O)C(=O)N[C@@H]([C@@H](C)O)C(=O)NCC(=O)N[C@@H](CCC(=O)O)C(=O)N2. The van der Waals surface area contributed by atoms with Crippen molar-refractivity contribution in [2.75, 3.05) is 24.6 Å². The van der Waals surface area contributed by atoms with Gasteiger partial charge in [-0.15, -0.1) is 0 Å². The maximum absolute atomic E-state index is 14.9. The summed E-state index contributed by atoms with van der Waals surface area (Å²) in [6.07, 6.45) is -8.33. The van der Waals surface area contributed by atoms with Crippen LogP contribution in [0.2, 0.25) is 0 Å². The molecule has 0 spiro atoms. The van der Waals surface area contributed by atoms with Gasteiger partial charge in [0.15, 0.2) is 0 Å². The number of aliphatic carboxylic acids is 4. The van der Waals surface area contributed by atoms with Gasteiger partial charge in [0.1, 0.15) is 66.5 Å². The van der Waals surface area contributed by atoms with E-state index in [1.807, 2.05) is 0 Å². The van der Waals surface area contributed by atoms with Crippen LogP contribution in [0.1, 0.15) is 136 Å². The molecule has 13 amide bonds. The van der Waals surface area contributed by atoms with E-state index < -0.39 is 243 Å². The van der Waals surface area contributed by atoms with E-state index in [2.05, 4.69) is 58.5 Å². The number of nitrogens with zero attached hydrogens (tertiary/aromatic N) is 1. The maximum Gasteiger partial charge on any atom is 0.305 e. The van der Waals surface area contributed by atoms with Gasteiger partial charge in [0.2, 0.25) is 76.8 Å². The Hall–Kier alpha value is -9.13. The maximum atomic E-state index is 14.9. The number of aliphatic hydroxyl groups excluding tert-OH is 1. The lowest BCUT2D eigenvalue weighted by atomic mass is 10.0. The first-order valence-corrected chi connectivity index (χ1v) is 34.6. The molecule has 1 fully saturated rings. The standard InChI is InChI=1S/C62H91N13O22S2/c1-30(2)21-39-56(91)67-37(14-17-45(63)77)54(89)73-42-28-98-26-33-9-6-10-34(23-33)27-99-29-43(59(94)71-41(22-31(3)4)62(97)75-20-8-12-44(75)60(95)70-39)72-52(87)36(15-18-48(81)82)65-46(78)25-64-61(96)51(32(5)76)74-55(90)35(11-7-13-47(79)80)66-53(88)38(16-19-49(83)84)68-57(92)40(24-50(85)86)69-58(42)93/h6,9-10,23,30-32,35-44,51,76H,7-8,11-22,24-29H2,1-5H3,(H2,63,77)(H,64,96)(H,65,78)(H,66,88)(H,67,91)(H,68,92)(H,69,93)(H,70,95)(H,71,94)(H,72,87)(H,73,89)(H,74,90)(H,79,80)(H,81,82)(H,83,84)(H,85,86)/t32-,35+,36+,37+,38+,39+,40+,41+,42+,43+,44+,51+/m1/s1. The quantitative estimate of drug-likeness (QED) is 0.0598. The molecule has 0 saturated carbocycles. The van der Waals surface area contributed by atoms with Crippen molar-refractivity contribution in [3.8, 4) is 0 Å². The molecular formula is C62H91N13O22S2. The smallest absolute Gasteiger partial charge is 0.305 e. The van der Waals surface area contributed by atoms with Crippen molar-refractivity contribution in [2.24, 2.45) is 17.6 Å². The highest BCUT2D eigenvalue weighted by Crippen LogP contribution is 2.24. The van der Waals surface area contributed by atoms with E-state index in [0.717, 1.165) is 30.4 Å². The number of carbonyl (C=O) groups is 17. The molecule has 0 unspecified atom stereocenters. The van der Waals surface area contributed by atoms with Crippen LogP contribution in [0.3, 0.4) is 0 Å². The molecule has 0 aromatic heterocycles. The number of aliphatic hydroxyl groups is 1. The number of nitrogens with two attached hydrogens (primary N) is 1. The molecule has 1 aromatic carbocycles. The van der Waals surface area contributed by atoms with E-state index >= 15 is 0 Å². The second-order valence-corrected chi connectivity index (χ2v) is 27.2.